The Morgan fingerprint density at radius 1 is 1.62 bits per heavy atom. The van der Waals surface area contributed by atoms with Crippen molar-refractivity contribution < 1.29 is 19.4 Å². The Hall–Kier alpha value is -1.03. The summed E-state index contributed by atoms with van der Waals surface area (Å²) in [5, 5.41) is 8.52. The lowest BCUT2D eigenvalue weighted by molar-refractivity contribution is -0.136. The van der Waals surface area contributed by atoms with E-state index in [2.05, 4.69) is 0 Å². The minimum Gasteiger partial charge on any atom is -0.478 e. The highest BCUT2D eigenvalue weighted by molar-refractivity contribution is 5.85. The van der Waals surface area contributed by atoms with E-state index < -0.39 is 5.97 Å². The van der Waals surface area contributed by atoms with Crippen molar-refractivity contribution >= 4 is 5.97 Å². The highest BCUT2D eigenvalue weighted by Gasteiger charge is 2.13. The maximum absolute atomic E-state index is 10.4. The topological polar surface area (TPSA) is 55.8 Å². The Balaban J connectivity index is 2.31. The molecule has 0 radical (unpaired) electrons. The summed E-state index contributed by atoms with van der Waals surface area (Å²) in [5.74, 6) is -0.962. The molecule has 74 valence electrons. The van der Waals surface area contributed by atoms with Crippen molar-refractivity contribution in [3.05, 3.63) is 11.8 Å². The molecule has 1 rings (SSSR count). The smallest absolute Gasteiger partial charge is 0.334 e. The van der Waals surface area contributed by atoms with Gasteiger partial charge in [0.25, 0.3) is 0 Å². The first kappa shape index (κ1) is 10.1. The maximum atomic E-state index is 10.4. The van der Waals surface area contributed by atoms with Crippen LogP contribution in [0.15, 0.2) is 11.8 Å². The summed E-state index contributed by atoms with van der Waals surface area (Å²) < 4.78 is 10.4. The number of rotatable bonds is 3. The van der Waals surface area contributed by atoms with Crippen LogP contribution < -0.4 is 0 Å². The van der Waals surface area contributed by atoms with Gasteiger partial charge >= 0.3 is 5.97 Å². The van der Waals surface area contributed by atoms with Gasteiger partial charge in [-0.05, 0) is 19.8 Å². The number of carboxylic acids is 1. The second kappa shape index (κ2) is 4.87. The molecule has 1 fully saturated rings. The zero-order chi connectivity index (χ0) is 9.68. The average molecular weight is 186 g/mol. The number of carbonyl (C=O) groups is 1. The molecule has 0 aromatic rings. The SMILES string of the molecule is CC(=COC1CCCCO1)C(=O)O. The van der Waals surface area contributed by atoms with Crippen LogP contribution in [0.25, 0.3) is 0 Å². The summed E-state index contributed by atoms with van der Waals surface area (Å²) in [4.78, 5) is 10.4. The Morgan fingerprint density at radius 3 is 2.92 bits per heavy atom. The minimum atomic E-state index is -0.962. The first-order valence-corrected chi connectivity index (χ1v) is 4.37. The predicted octanol–water partition coefficient (Wildman–Crippen LogP) is 1.52. The summed E-state index contributed by atoms with van der Waals surface area (Å²) in [7, 11) is 0. The fraction of sp³-hybridized carbons (Fsp3) is 0.667. The van der Waals surface area contributed by atoms with Crippen molar-refractivity contribution in [2.75, 3.05) is 6.61 Å². The van der Waals surface area contributed by atoms with Crippen LogP contribution in [0.3, 0.4) is 0 Å². The van der Waals surface area contributed by atoms with Crippen LogP contribution in [-0.4, -0.2) is 24.0 Å². The zero-order valence-corrected chi connectivity index (χ0v) is 7.66. The predicted molar refractivity (Wildman–Crippen MR) is 46.1 cm³/mol. The van der Waals surface area contributed by atoms with Crippen LogP contribution >= 0.6 is 0 Å². The van der Waals surface area contributed by atoms with Crippen molar-refractivity contribution in [1.82, 2.24) is 0 Å². The van der Waals surface area contributed by atoms with Gasteiger partial charge in [0, 0.05) is 6.42 Å². The molecule has 0 aromatic carbocycles. The highest BCUT2D eigenvalue weighted by Crippen LogP contribution is 2.14. The standard InChI is InChI=1S/C9H14O4/c1-7(9(10)11)6-13-8-4-2-3-5-12-8/h6,8H,2-5H2,1H3,(H,10,11). The van der Waals surface area contributed by atoms with Crippen LogP contribution in [-0.2, 0) is 14.3 Å². The van der Waals surface area contributed by atoms with Gasteiger partial charge in [-0.15, -0.1) is 0 Å². The van der Waals surface area contributed by atoms with Crippen LogP contribution in [0.2, 0.25) is 0 Å². The van der Waals surface area contributed by atoms with Crippen molar-refractivity contribution in [2.45, 2.75) is 32.5 Å². The molecule has 0 saturated carbocycles. The van der Waals surface area contributed by atoms with E-state index in [-0.39, 0.29) is 11.9 Å². The third-order valence-electron chi connectivity index (χ3n) is 1.87. The summed E-state index contributed by atoms with van der Waals surface area (Å²) in [5.41, 5.74) is 0.189. The minimum absolute atomic E-state index is 0.189. The average Bonchev–Trinajstić information content (AvgIpc) is 2.15. The van der Waals surface area contributed by atoms with Crippen LogP contribution in [0.4, 0.5) is 0 Å². The van der Waals surface area contributed by atoms with E-state index in [9.17, 15) is 4.79 Å². The Kier molecular flexibility index (Phi) is 3.76. The number of carboxylic acid groups (broad SMARTS) is 1. The molecule has 0 aromatic heterocycles. The lowest BCUT2D eigenvalue weighted by atomic mass is 10.2. The molecule has 1 saturated heterocycles. The monoisotopic (exact) mass is 186 g/mol. The van der Waals surface area contributed by atoms with Gasteiger partial charge in [0.05, 0.1) is 18.4 Å². The normalized spacial score (nSPS) is 24.1. The van der Waals surface area contributed by atoms with Gasteiger partial charge < -0.3 is 14.6 Å². The molecule has 4 nitrogen and oxygen atoms in total. The molecule has 0 amide bonds. The lowest BCUT2D eigenvalue weighted by Crippen LogP contribution is -2.20. The Morgan fingerprint density at radius 2 is 2.38 bits per heavy atom. The number of hydrogen-bond acceptors (Lipinski definition) is 3. The third kappa shape index (κ3) is 3.46. The fourth-order valence-electron chi connectivity index (χ4n) is 1.05. The van der Waals surface area contributed by atoms with E-state index in [1.807, 2.05) is 0 Å². The highest BCUT2D eigenvalue weighted by atomic mass is 16.7. The molecule has 0 bridgehead atoms. The molecule has 1 atom stereocenters. The second-order valence-electron chi connectivity index (χ2n) is 3.04. The maximum Gasteiger partial charge on any atom is 0.334 e. The van der Waals surface area contributed by atoms with E-state index in [1.54, 1.807) is 0 Å². The van der Waals surface area contributed by atoms with Crippen LogP contribution in [0, 0.1) is 0 Å². The van der Waals surface area contributed by atoms with Crippen molar-refractivity contribution in [3.63, 3.8) is 0 Å². The summed E-state index contributed by atoms with van der Waals surface area (Å²) >= 11 is 0. The molecule has 13 heavy (non-hydrogen) atoms. The van der Waals surface area contributed by atoms with E-state index in [1.165, 1.54) is 13.2 Å². The first-order chi connectivity index (χ1) is 6.20. The molecule has 1 aliphatic heterocycles. The summed E-state index contributed by atoms with van der Waals surface area (Å²) in [6, 6.07) is 0. The number of hydrogen-bond donors (Lipinski definition) is 1. The largest absolute Gasteiger partial charge is 0.478 e. The van der Waals surface area contributed by atoms with Gasteiger partial charge in [-0.2, -0.15) is 0 Å². The lowest BCUT2D eigenvalue weighted by Gasteiger charge is -2.21. The van der Waals surface area contributed by atoms with E-state index >= 15 is 0 Å². The van der Waals surface area contributed by atoms with Crippen LogP contribution in [0.1, 0.15) is 26.2 Å². The first-order valence-electron chi connectivity index (χ1n) is 4.37. The van der Waals surface area contributed by atoms with Gasteiger partial charge in [0.1, 0.15) is 0 Å². The molecule has 0 aliphatic carbocycles. The van der Waals surface area contributed by atoms with Crippen molar-refractivity contribution in [1.29, 1.82) is 0 Å². The molecular formula is C9H14O4. The van der Waals surface area contributed by atoms with Gasteiger partial charge in [-0.25, -0.2) is 4.79 Å². The van der Waals surface area contributed by atoms with Gasteiger partial charge in [0.15, 0.2) is 6.29 Å². The van der Waals surface area contributed by atoms with Gasteiger partial charge in [-0.3, -0.25) is 0 Å². The van der Waals surface area contributed by atoms with E-state index in [0.29, 0.717) is 6.61 Å². The van der Waals surface area contributed by atoms with Gasteiger partial charge in [0.2, 0.25) is 0 Å². The quantitative estimate of drug-likeness (QED) is 0.536. The number of aliphatic carboxylic acids is 1. The van der Waals surface area contributed by atoms with Crippen LogP contribution in [0.5, 0.6) is 0 Å². The summed E-state index contributed by atoms with van der Waals surface area (Å²) in [6.45, 7) is 2.19. The molecule has 1 unspecified atom stereocenters. The molecule has 4 heteroatoms. The third-order valence-corrected chi connectivity index (χ3v) is 1.87. The molecule has 0 spiro atoms. The van der Waals surface area contributed by atoms with Crippen molar-refractivity contribution in [3.8, 4) is 0 Å². The molecular weight excluding hydrogens is 172 g/mol. The van der Waals surface area contributed by atoms with Gasteiger partial charge in [-0.1, -0.05) is 0 Å². The van der Waals surface area contributed by atoms with Crippen molar-refractivity contribution in [2.24, 2.45) is 0 Å². The van der Waals surface area contributed by atoms with E-state index in [0.717, 1.165) is 19.3 Å². The molecule has 1 N–H and O–H groups in total. The molecule has 1 heterocycles. The Labute approximate surface area is 77.1 Å². The summed E-state index contributed by atoms with van der Waals surface area (Å²) in [6.07, 6.45) is 3.96. The Bertz CT molecular complexity index is 204. The fourth-order valence-corrected chi connectivity index (χ4v) is 1.05. The zero-order valence-electron chi connectivity index (χ0n) is 7.66. The molecule has 1 aliphatic rings. The number of ether oxygens (including phenoxy) is 2. The second-order valence-corrected chi connectivity index (χ2v) is 3.04. The van der Waals surface area contributed by atoms with E-state index in [4.69, 9.17) is 14.6 Å².